The molecule has 1 N–H and O–H groups in total. The van der Waals surface area contributed by atoms with Crippen molar-refractivity contribution in [1.82, 2.24) is 28.8 Å². The molecule has 38 heavy (non-hydrogen) atoms. The van der Waals surface area contributed by atoms with Crippen molar-refractivity contribution >= 4 is 21.6 Å². The fraction of sp³-hybridized carbons (Fsp3) is 0.261. The molecule has 0 saturated heterocycles. The lowest BCUT2D eigenvalue weighted by Gasteiger charge is -2.27. The Bertz CT molecular complexity index is 1610. The number of pyridine rings is 1. The first kappa shape index (κ1) is 25.8. The lowest BCUT2D eigenvalue weighted by Crippen LogP contribution is -2.44. The van der Waals surface area contributed by atoms with Gasteiger partial charge in [-0.3, -0.25) is 13.9 Å². The van der Waals surface area contributed by atoms with Crippen molar-refractivity contribution in [2.45, 2.75) is 31.6 Å². The molecule has 4 heterocycles. The molecule has 200 valence electrons. The van der Waals surface area contributed by atoms with Crippen LogP contribution in [0.2, 0.25) is 0 Å². The van der Waals surface area contributed by atoms with E-state index in [-0.39, 0.29) is 31.0 Å². The molecule has 1 aliphatic rings. The number of amides is 1. The van der Waals surface area contributed by atoms with Crippen LogP contribution in [0.3, 0.4) is 0 Å². The molecule has 0 unspecified atom stereocenters. The summed E-state index contributed by atoms with van der Waals surface area (Å²) in [5, 5.41) is 6.97. The molecule has 0 radical (unpaired) electrons. The van der Waals surface area contributed by atoms with Gasteiger partial charge in [-0.15, -0.1) is 0 Å². The van der Waals surface area contributed by atoms with Crippen molar-refractivity contribution in [1.29, 1.82) is 0 Å². The molecule has 0 saturated carbocycles. The molecule has 1 amide bonds. The van der Waals surface area contributed by atoms with Gasteiger partial charge in [-0.2, -0.15) is 22.6 Å². The summed E-state index contributed by atoms with van der Waals surface area (Å²) >= 11 is 0. The largest absolute Gasteiger partial charge is 0.511 e. The zero-order valence-electron chi connectivity index (χ0n) is 19.4. The Kier molecular flexibility index (Phi) is 6.43. The minimum absolute atomic E-state index is 0.0291. The Morgan fingerprint density at radius 2 is 1.82 bits per heavy atom. The van der Waals surface area contributed by atoms with E-state index in [1.807, 2.05) is 0 Å². The normalized spacial score (nSPS) is 14.7. The maximum absolute atomic E-state index is 13.5. The van der Waals surface area contributed by atoms with Crippen LogP contribution >= 0.6 is 0 Å². The van der Waals surface area contributed by atoms with E-state index in [2.05, 4.69) is 15.4 Å². The van der Waals surface area contributed by atoms with E-state index in [0.717, 1.165) is 0 Å². The summed E-state index contributed by atoms with van der Waals surface area (Å²) in [6, 6.07) is 13.0. The van der Waals surface area contributed by atoms with Crippen molar-refractivity contribution in [3.8, 4) is 11.3 Å². The summed E-state index contributed by atoms with van der Waals surface area (Å²) in [4.78, 5) is 16.6. The van der Waals surface area contributed by atoms with Gasteiger partial charge in [-0.05, 0) is 23.8 Å². The zero-order valence-corrected chi connectivity index (χ0v) is 20.2. The fourth-order valence-corrected chi connectivity index (χ4v) is 5.10. The number of rotatable bonds is 6. The van der Waals surface area contributed by atoms with Crippen LogP contribution in [0.15, 0.2) is 54.7 Å². The van der Waals surface area contributed by atoms with Crippen LogP contribution in [0, 0.1) is 0 Å². The predicted octanol–water partition coefficient (Wildman–Crippen LogP) is 3.73. The number of hydrogen-bond acceptors (Lipinski definition) is 5. The quantitative estimate of drug-likeness (QED) is 0.366. The first-order valence-corrected chi connectivity index (χ1v) is 12.7. The van der Waals surface area contributed by atoms with Gasteiger partial charge in [-0.25, -0.2) is 22.2 Å². The van der Waals surface area contributed by atoms with Crippen LogP contribution < -0.4 is 5.32 Å². The molecular formula is C23H19F5N6O3S. The molecule has 0 fully saturated rings. The number of imidazole rings is 1. The van der Waals surface area contributed by atoms with Gasteiger partial charge in [0.05, 0.1) is 24.5 Å². The molecule has 1 aliphatic heterocycles. The van der Waals surface area contributed by atoms with Crippen molar-refractivity contribution in [3.63, 3.8) is 0 Å². The van der Waals surface area contributed by atoms with Gasteiger partial charge >= 0.3 is 15.5 Å². The summed E-state index contributed by atoms with van der Waals surface area (Å²) < 4.78 is 92.2. The van der Waals surface area contributed by atoms with Gasteiger partial charge in [0.15, 0.2) is 0 Å². The Morgan fingerprint density at radius 3 is 2.50 bits per heavy atom. The van der Waals surface area contributed by atoms with E-state index in [4.69, 9.17) is 0 Å². The summed E-state index contributed by atoms with van der Waals surface area (Å²) in [7, 11) is -5.44. The molecule has 0 spiro atoms. The van der Waals surface area contributed by atoms with Crippen LogP contribution in [0.4, 0.5) is 22.0 Å². The van der Waals surface area contributed by atoms with E-state index >= 15 is 0 Å². The summed E-state index contributed by atoms with van der Waals surface area (Å²) in [5.74, 6) is -0.719. The first-order valence-electron chi connectivity index (χ1n) is 11.2. The number of benzene rings is 1. The third kappa shape index (κ3) is 4.62. The Hall–Kier alpha value is -3.85. The number of nitrogens with zero attached hydrogens (tertiary/aromatic N) is 5. The molecule has 0 aliphatic carbocycles. The second-order valence-corrected chi connectivity index (χ2v) is 10.4. The summed E-state index contributed by atoms with van der Waals surface area (Å²) in [6.45, 7) is -0.804. The number of halogens is 5. The van der Waals surface area contributed by atoms with Gasteiger partial charge in [0, 0.05) is 24.8 Å². The van der Waals surface area contributed by atoms with E-state index in [0.29, 0.717) is 26.8 Å². The van der Waals surface area contributed by atoms with Crippen LogP contribution in [0.25, 0.3) is 16.9 Å². The van der Waals surface area contributed by atoms with Gasteiger partial charge in [0.25, 0.3) is 12.3 Å². The molecule has 15 heteroatoms. The number of hydrogen-bond donors (Lipinski definition) is 1. The number of sulfonamides is 1. The number of carbonyl (C=O) groups excluding carboxylic acids is 1. The van der Waals surface area contributed by atoms with Crippen molar-refractivity contribution in [2.24, 2.45) is 0 Å². The monoisotopic (exact) mass is 554 g/mol. The summed E-state index contributed by atoms with van der Waals surface area (Å²) in [6.07, 6.45) is -1.46. The number of carbonyl (C=O) groups is 1. The van der Waals surface area contributed by atoms with E-state index in [1.54, 1.807) is 36.4 Å². The molecule has 9 nitrogen and oxygen atoms in total. The summed E-state index contributed by atoms with van der Waals surface area (Å²) in [5.41, 5.74) is -4.00. The highest BCUT2D eigenvalue weighted by Crippen LogP contribution is 2.31. The number of aromatic nitrogens is 4. The van der Waals surface area contributed by atoms with Gasteiger partial charge in [-0.1, -0.05) is 30.3 Å². The molecular weight excluding hydrogens is 535 g/mol. The van der Waals surface area contributed by atoms with Gasteiger partial charge in [0.2, 0.25) is 0 Å². The van der Waals surface area contributed by atoms with Crippen molar-refractivity contribution in [3.05, 3.63) is 77.4 Å². The number of alkyl halides is 5. The Balaban J connectivity index is 1.28. The first-order chi connectivity index (χ1) is 18.0. The molecule has 0 atom stereocenters. The maximum atomic E-state index is 13.5. The Morgan fingerprint density at radius 1 is 1.08 bits per heavy atom. The van der Waals surface area contributed by atoms with Gasteiger partial charge < -0.3 is 5.32 Å². The van der Waals surface area contributed by atoms with Crippen LogP contribution in [-0.2, 0) is 29.7 Å². The highest BCUT2D eigenvalue weighted by molar-refractivity contribution is 7.89. The van der Waals surface area contributed by atoms with E-state index < -0.39 is 40.1 Å². The molecule has 5 rings (SSSR count). The van der Waals surface area contributed by atoms with Crippen molar-refractivity contribution in [2.75, 3.05) is 6.54 Å². The third-order valence-corrected chi connectivity index (χ3v) is 7.65. The molecule has 0 bridgehead atoms. The predicted molar refractivity (Wildman–Crippen MR) is 124 cm³/mol. The lowest BCUT2D eigenvalue weighted by molar-refractivity contribution is -0.0496. The van der Waals surface area contributed by atoms with Crippen LogP contribution in [-0.4, -0.2) is 49.8 Å². The van der Waals surface area contributed by atoms with Crippen molar-refractivity contribution < 1.29 is 35.2 Å². The SMILES string of the molecule is O=C(NCc1ccc(-c2cc3n(n2)CCN(S(=O)(=O)C(F)(F)F)C3)cc1)c1c(C(F)F)nc2ccccn12. The minimum atomic E-state index is -5.44. The highest BCUT2D eigenvalue weighted by Gasteiger charge is 2.50. The van der Waals surface area contributed by atoms with Gasteiger partial charge in [0.1, 0.15) is 17.0 Å². The lowest BCUT2D eigenvalue weighted by atomic mass is 10.1. The molecule has 4 aromatic rings. The second kappa shape index (κ2) is 9.47. The standard InChI is InChI=1S/C23H19F5N6O3S/c24-21(25)19-20(33-8-2-1-3-18(33)30-19)22(35)29-12-14-4-6-15(7-5-14)17-11-16-13-32(9-10-34(16)31-17)38(36,37)23(26,27)28/h1-8,11,21H,9-10,12-13H2,(H,29,35). The smallest absolute Gasteiger partial charge is 0.347 e. The van der Waals surface area contributed by atoms with E-state index in [1.165, 1.54) is 27.4 Å². The molecule has 1 aromatic carbocycles. The topological polar surface area (TPSA) is 102 Å². The highest BCUT2D eigenvalue weighted by atomic mass is 32.2. The maximum Gasteiger partial charge on any atom is 0.511 e. The molecule has 3 aromatic heterocycles. The van der Waals surface area contributed by atoms with E-state index in [9.17, 15) is 35.2 Å². The van der Waals surface area contributed by atoms with Crippen LogP contribution in [0.1, 0.15) is 33.9 Å². The third-order valence-electron chi connectivity index (χ3n) is 6.08. The minimum Gasteiger partial charge on any atom is -0.347 e. The van der Waals surface area contributed by atoms with Crippen LogP contribution in [0.5, 0.6) is 0 Å². The average Bonchev–Trinajstić information content (AvgIpc) is 3.48. The average molecular weight is 555 g/mol. The number of nitrogens with one attached hydrogen (secondary N) is 1. The Labute approximate surface area is 212 Å². The fourth-order valence-electron chi connectivity index (χ4n) is 4.19. The zero-order chi connectivity index (χ0) is 27.2. The second-order valence-electron chi connectivity index (χ2n) is 8.48. The number of fused-ring (bicyclic) bond motifs is 2.